The fourth-order valence-corrected chi connectivity index (χ4v) is 2.50. The molecule has 0 aliphatic rings. The third-order valence-electron chi connectivity index (χ3n) is 1.92. The van der Waals surface area contributed by atoms with Gasteiger partial charge in [-0.2, -0.15) is 0 Å². The molecule has 0 aliphatic carbocycles. The predicted molar refractivity (Wildman–Crippen MR) is 56.5 cm³/mol. The average Bonchev–Trinajstić information content (AvgIpc) is 1.96. The summed E-state index contributed by atoms with van der Waals surface area (Å²) in [7, 11) is -2.75. The largest absolute Gasteiger partial charge is 0.229 e. The van der Waals surface area contributed by atoms with Crippen LogP contribution in [0.1, 0.15) is 26.2 Å². The minimum atomic E-state index is -2.75. The average molecular weight is 257 g/mol. The second-order valence-corrected chi connectivity index (χ2v) is 6.11. The number of alkyl halides is 1. The van der Waals surface area contributed by atoms with Crippen LogP contribution in [0.2, 0.25) is 0 Å². The molecule has 0 amide bonds. The molecule has 0 fully saturated rings. The fraction of sp³-hybridized carbons (Fsp3) is 1.00. The molecule has 0 saturated carbocycles. The zero-order valence-corrected chi connectivity index (χ0v) is 10.1. The van der Waals surface area contributed by atoms with E-state index >= 15 is 0 Å². The quantitative estimate of drug-likeness (QED) is 0.684. The van der Waals surface area contributed by atoms with Crippen LogP contribution in [-0.4, -0.2) is 25.8 Å². The van der Waals surface area contributed by atoms with E-state index in [0.29, 0.717) is 11.7 Å². The SMILES string of the molecule is CCC(CBr)CCCS(C)(=O)=O. The van der Waals surface area contributed by atoms with Gasteiger partial charge in [0.25, 0.3) is 0 Å². The standard InChI is InChI=1S/C8H17BrO2S/c1-3-8(7-9)5-4-6-12(2,10)11/h8H,3-7H2,1-2H3. The van der Waals surface area contributed by atoms with Crippen molar-refractivity contribution in [3.63, 3.8) is 0 Å². The first-order valence-electron chi connectivity index (χ1n) is 4.23. The molecule has 0 bridgehead atoms. The molecule has 0 aromatic heterocycles. The zero-order valence-electron chi connectivity index (χ0n) is 7.72. The van der Waals surface area contributed by atoms with Crippen LogP contribution >= 0.6 is 15.9 Å². The molecule has 0 saturated heterocycles. The van der Waals surface area contributed by atoms with Crippen molar-refractivity contribution in [2.24, 2.45) is 5.92 Å². The monoisotopic (exact) mass is 256 g/mol. The Kier molecular flexibility index (Phi) is 6.19. The first kappa shape index (κ1) is 12.4. The molecule has 0 N–H and O–H groups in total. The number of halogens is 1. The summed E-state index contributed by atoms with van der Waals surface area (Å²) >= 11 is 3.41. The summed E-state index contributed by atoms with van der Waals surface area (Å²) < 4.78 is 21.6. The molecule has 0 aromatic carbocycles. The summed E-state index contributed by atoms with van der Waals surface area (Å²) in [6.45, 7) is 2.13. The Labute approximate surface area is 83.8 Å². The fourth-order valence-electron chi connectivity index (χ4n) is 1.02. The molecule has 0 spiro atoms. The Balaban J connectivity index is 3.55. The van der Waals surface area contributed by atoms with E-state index in [1.165, 1.54) is 6.26 Å². The maximum Gasteiger partial charge on any atom is 0.147 e. The normalized spacial score (nSPS) is 14.6. The van der Waals surface area contributed by atoms with Gasteiger partial charge >= 0.3 is 0 Å². The van der Waals surface area contributed by atoms with Gasteiger partial charge in [0, 0.05) is 17.3 Å². The molecule has 0 heterocycles. The Morgan fingerprint density at radius 3 is 2.33 bits per heavy atom. The smallest absolute Gasteiger partial charge is 0.147 e. The Hall–Kier alpha value is 0.430. The van der Waals surface area contributed by atoms with Crippen LogP contribution in [0.4, 0.5) is 0 Å². The van der Waals surface area contributed by atoms with Gasteiger partial charge in [-0.05, 0) is 18.8 Å². The molecule has 12 heavy (non-hydrogen) atoms. The lowest BCUT2D eigenvalue weighted by atomic mass is 10.0. The molecule has 4 heteroatoms. The van der Waals surface area contributed by atoms with E-state index in [1.807, 2.05) is 0 Å². The summed E-state index contributed by atoms with van der Waals surface area (Å²) in [5.74, 6) is 0.961. The molecule has 2 nitrogen and oxygen atoms in total. The van der Waals surface area contributed by atoms with Crippen LogP contribution in [0, 0.1) is 5.92 Å². The molecule has 1 unspecified atom stereocenters. The highest BCUT2D eigenvalue weighted by Gasteiger charge is 2.06. The van der Waals surface area contributed by atoms with Gasteiger partial charge in [0.2, 0.25) is 0 Å². The molecule has 0 rings (SSSR count). The van der Waals surface area contributed by atoms with Crippen LogP contribution in [0.3, 0.4) is 0 Å². The van der Waals surface area contributed by atoms with Crippen molar-refractivity contribution in [1.82, 2.24) is 0 Å². The number of hydrogen-bond donors (Lipinski definition) is 0. The number of hydrogen-bond acceptors (Lipinski definition) is 2. The Bertz CT molecular complexity index is 195. The second kappa shape index (κ2) is 5.97. The van der Waals surface area contributed by atoms with E-state index in [0.717, 1.165) is 24.6 Å². The first-order valence-corrected chi connectivity index (χ1v) is 7.41. The summed E-state index contributed by atoms with van der Waals surface area (Å²) in [6.07, 6.45) is 4.22. The lowest BCUT2D eigenvalue weighted by Gasteiger charge is -2.09. The highest BCUT2D eigenvalue weighted by atomic mass is 79.9. The van der Waals surface area contributed by atoms with E-state index in [2.05, 4.69) is 22.9 Å². The van der Waals surface area contributed by atoms with Crippen molar-refractivity contribution in [3.8, 4) is 0 Å². The zero-order chi connectivity index (χ0) is 9.61. The van der Waals surface area contributed by atoms with Crippen LogP contribution < -0.4 is 0 Å². The van der Waals surface area contributed by atoms with Crippen LogP contribution in [-0.2, 0) is 9.84 Å². The van der Waals surface area contributed by atoms with Crippen molar-refractivity contribution in [3.05, 3.63) is 0 Å². The minimum absolute atomic E-state index is 0.330. The van der Waals surface area contributed by atoms with E-state index in [1.54, 1.807) is 0 Å². The molecule has 0 radical (unpaired) electrons. The minimum Gasteiger partial charge on any atom is -0.229 e. The number of rotatable bonds is 6. The number of sulfone groups is 1. The van der Waals surface area contributed by atoms with Crippen molar-refractivity contribution < 1.29 is 8.42 Å². The van der Waals surface area contributed by atoms with Crippen LogP contribution in [0.5, 0.6) is 0 Å². The van der Waals surface area contributed by atoms with Gasteiger partial charge in [-0.25, -0.2) is 8.42 Å². The second-order valence-electron chi connectivity index (χ2n) is 3.20. The summed E-state index contributed by atoms with van der Waals surface area (Å²) in [6, 6.07) is 0. The van der Waals surface area contributed by atoms with Crippen LogP contribution in [0.25, 0.3) is 0 Å². The van der Waals surface area contributed by atoms with Gasteiger partial charge in [-0.3, -0.25) is 0 Å². The first-order chi connectivity index (χ1) is 5.49. The molecule has 0 aliphatic heterocycles. The Morgan fingerprint density at radius 2 is 2.00 bits per heavy atom. The van der Waals surface area contributed by atoms with Crippen molar-refractivity contribution in [2.45, 2.75) is 26.2 Å². The topological polar surface area (TPSA) is 34.1 Å². The lowest BCUT2D eigenvalue weighted by Crippen LogP contribution is -2.07. The third kappa shape index (κ3) is 7.10. The maximum absolute atomic E-state index is 10.8. The van der Waals surface area contributed by atoms with Crippen molar-refractivity contribution in [2.75, 3.05) is 17.3 Å². The van der Waals surface area contributed by atoms with E-state index in [9.17, 15) is 8.42 Å². The van der Waals surface area contributed by atoms with E-state index in [-0.39, 0.29) is 0 Å². The van der Waals surface area contributed by atoms with Gasteiger partial charge in [0.15, 0.2) is 0 Å². The van der Waals surface area contributed by atoms with Crippen molar-refractivity contribution >= 4 is 25.8 Å². The van der Waals surface area contributed by atoms with Crippen molar-refractivity contribution in [1.29, 1.82) is 0 Å². The van der Waals surface area contributed by atoms with Gasteiger partial charge < -0.3 is 0 Å². The summed E-state index contributed by atoms with van der Waals surface area (Å²) in [4.78, 5) is 0. The lowest BCUT2D eigenvalue weighted by molar-refractivity contribution is 0.517. The van der Waals surface area contributed by atoms with Gasteiger partial charge in [-0.15, -0.1) is 0 Å². The van der Waals surface area contributed by atoms with E-state index < -0.39 is 9.84 Å². The van der Waals surface area contributed by atoms with Crippen LogP contribution in [0.15, 0.2) is 0 Å². The molecule has 74 valence electrons. The molecular formula is C8H17BrO2S. The molecule has 1 atom stereocenters. The third-order valence-corrected chi connectivity index (χ3v) is 3.87. The van der Waals surface area contributed by atoms with Gasteiger partial charge in [0.05, 0.1) is 0 Å². The molecular weight excluding hydrogens is 240 g/mol. The molecule has 0 aromatic rings. The summed E-state index contributed by atoms with van der Waals surface area (Å²) in [5.41, 5.74) is 0. The van der Waals surface area contributed by atoms with Gasteiger partial charge in [0.1, 0.15) is 9.84 Å². The van der Waals surface area contributed by atoms with E-state index in [4.69, 9.17) is 0 Å². The highest BCUT2D eigenvalue weighted by Crippen LogP contribution is 2.13. The predicted octanol–water partition coefficient (Wildman–Crippen LogP) is 2.23. The highest BCUT2D eigenvalue weighted by molar-refractivity contribution is 9.09. The Morgan fingerprint density at radius 1 is 1.42 bits per heavy atom. The van der Waals surface area contributed by atoms with Gasteiger partial charge in [-0.1, -0.05) is 29.3 Å². The maximum atomic E-state index is 10.8. The summed E-state index contributed by atoms with van der Waals surface area (Å²) in [5, 5.41) is 0.979.